The zero-order valence-corrected chi connectivity index (χ0v) is 15.9. The molecule has 1 amide bonds. The molecule has 0 saturated carbocycles. The summed E-state index contributed by atoms with van der Waals surface area (Å²) >= 11 is 0. The first-order chi connectivity index (χ1) is 12.8. The van der Waals surface area contributed by atoms with Gasteiger partial charge in [0, 0.05) is 5.39 Å². The van der Waals surface area contributed by atoms with Crippen molar-refractivity contribution in [3.8, 4) is 11.5 Å². The largest absolute Gasteiger partial charge is 0.454 e. The van der Waals surface area contributed by atoms with Gasteiger partial charge in [-0.3, -0.25) is 9.78 Å². The van der Waals surface area contributed by atoms with E-state index < -0.39 is 5.54 Å². The van der Waals surface area contributed by atoms with Crippen molar-refractivity contribution in [3.05, 3.63) is 64.8 Å². The average Bonchev–Trinajstić information content (AvgIpc) is 3.08. The second-order valence-electron chi connectivity index (χ2n) is 7.46. The highest BCUT2D eigenvalue weighted by Crippen LogP contribution is 2.35. The molecule has 0 saturated heterocycles. The molecule has 1 aliphatic rings. The molecule has 5 nitrogen and oxygen atoms in total. The summed E-state index contributed by atoms with van der Waals surface area (Å²) in [6, 6.07) is 13.7. The standard InChI is InChI=1S/C22H22N2O3/c1-13-5-6-15-10-17(14(2)23-18(15)9-13)21(25)24-22(3,4)16-7-8-19-20(11-16)27-12-26-19/h5-11H,12H2,1-4H3,(H,24,25). The number of carbonyl (C=O) groups excluding carboxylic acids is 1. The van der Waals surface area contributed by atoms with Crippen LogP contribution in [0, 0.1) is 13.8 Å². The van der Waals surface area contributed by atoms with Gasteiger partial charge in [-0.15, -0.1) is 0 Å². The molecule has 0 atom stereocenters. The molecule has 0 fully saturated rings. The van der Waals surface area contributed by atoms with Crippen molar-refractivity contribution < 1.29 is 14.3 Å². The monoisotopic (exact) mass is 362 g/mol. The second-order valence-corrected chi connectivity index (χ2v) is 7.46. The van der Waals surface area contributed by atoms with E-state index in [0.717, 1.165) is 27.8 Å². The number of pyridine rings is 1. The van der Waals surface area contributed by atoms with Crippen LogP contribution in [0.3, 0.4) is 0 Å². The summed E-state index contributed by atoms with van der Waals surface area (Å²) in [4.78, 5) is 17.6. The molecule has 0 aliphatic carbocycles. The second kappa shape index (κ2) is 6.27. The number of carbonyl (C=O) groups is 1. The molecule has 3 aromatic rings. The van der Waals surface area contributed by atoms with Crippen LogP contribution < -0.4 is 14.8 Å². The SMILES string of the molecule is Cc1ccc2cc(C(=O)NC(C)(C)c3ccc4c(c3)OCO4)c(C)nc2c1. The molecule has 0 spiro atoms. The number of benzene rings is 2. The van der Waals surface area contributed by atoms with E-state index in [1.54, 1.807) is 0 Å². The van der Waals surface area contributed by atoms with Crippen LogP contribution in [0.1, 0.15) is 41.0 Å². The van der Waals surface area contributed by atoms with Crippen molar-refractivity contribution in [1.82, 2.24) is 10.3 Å². The Bertz CT molecular complexity index is 1060. The van der Waals surface area contributed by atoms with Gasteiger partial charge in [0.2, 0.25) is 6.79 Å². The molecule has 1 aromatic heterocycles. The Morgan fingerprint density at radius 1 is 1.04 bits per heavy atom. The molecule has 138 valence electrons. The minimum Gasteiger partial charge on any atom is -0.454 e. The zero-order chi connectivity index (χ0) is 19.2. The van der Waals surface area contributed by atoms with Crippen LogP contribution in [-0.4, -0.2) is 17.7 Å². The van der Waals surface area contributed by atoms with Crippen LogP contribution in [-0.2, 0) is 5.54 Å². The van der Waals surface area contributed by atoms with Crippen LogP contribution in [0.5, 0.6) is 11.5 Å². The van der Waals surface area contributed by atoms with E-state index in [2.05, 4.69) is 10.3 Å². The molecule has 4 rings (SSSR count). The van der Waals surface area contributed by atoms with Crippen LogP contribution >= 0.6 is 0 Å². The summed E-state index contributed by atoms with van der Waals surface area (Å²) in [6.07, 6.45) is 0. The van der Waals surface area contributed by atoms with E-state index in [-0.39, 0.29) is 12.7 Å². The maximum absolute atomic E-state index is 13.0. The van der Waals surface area contributed by atoms with Gasteiger partial charge < -0.3 is 14.8 Å². The smallest absolute Gasteiger partial charge is 0.253 e. The van der Waals surface area contributed by atoms with Crippen molar-refractivity contribution in [1.29, 1.82) is 0 Å². The summed E-state index contributed by atoms with van der Waals surface area (Å²) in [7, 11) is 0. The zero-order valence-electron chi connectivity index (χ0n) is 15.9. The predicted octanol–water partition coefficient (Wildman–Crippen LogP) is 4.25. The van der Waals surface area contributed by atoms with E-state index in [1.807, 2.05) is 70.2 Å². The van der Waals surface area contributed by atoms with Gasteiger partial charge in [-0.2, -0.15) is 0 Å². The molecule has 0 radical (unpaired) electrons. The van der Waals surface area contributed by atoms with Crippen LogP contribution in [0.15, 0.2) is 42.5 Å². The Kier molecular flexibility index (Phi) is 4.02. The first kappa shape index (κ1) is 17.3. The van der Waals surface area contributed by atoms with Crippen LogP contribution in [0.4, 0.5) is 0 Å². The molecule has 1 aliphatic heterocycles. The molecule has 2 heterocycles. The summed E-state index contributed by atoms with van der Waals surface area (Å²) in [5.41, 5.74) is 3.72. The predicted molar refractivity (Wildman–Crippen MR) is 104 cm³/mol. The fraction of sp³-hybridized carbons (Fsp3) is 0.273. The van der Waals surface area contributed by atoms with Gasteiger partial charge in [-0.05, 0) is 63.1 Å². The number of aromatic nitrogens is 1. The summed E-state index contributed by atoms with van der Waals surface area (Å²) < 4.78 is 10.8. The van der Waals surface area contributed by atoms with Gasteiger partial charge in [0.25, 0.3) is 5.91 Å². The van der Waals surface area contributed by atoms with E-state index in [0.29, 0.717) is 17.0 Å². The number of aryl methyl sites for hydroxylation is 2. The molecule has 27 heavy (non-hydrogen) atoms. The highest BCUT2D eigenvalue weighted by Gasteiger charge is 2.27. The molecule has 0 unspecified atom stereocenters. The van der Waals surface area contributed by atoms with Crippen molar-refractivity contribution in [2.45, 2.75) is 33.2 Å². The van der Waals surface area contributed by atoms with E-state index in [9.17, 15) is 4.79 Å². The number of hydrogen-bond acceptors (Lipinski definition) is 4. The fourth-order valence-electron chi connectivity index (χ4n) is 3.31. The Hall–Kier alpha value is -3.08. The number of amides is 1. The van der Waals surface area contributed by atoms with Crippen molar-refractivity contribution in [3.63, 3.8) is 0 Å². The number of fused-ring (bicyclic) bond motifs is 2. The molecular weight excluding hydrogens is 340 g/mol. The molecule has 2 aromatic carbocycles. The summed E-state index contributed by atoms with van der Waals surface area (Å²) in [5, 5.41) is 4.08. The topological polar surface area (TPSA) is 60.5 Å². The van der Waals surface area contributed by atoms with Crippen molar-refractivity contribution in [2.24, 2.45) is 0 Å². The Morgan fingerprint density at radius 2 is 1.81 bits per heavy atom. The first-order valence-corrected chi connectivity index (χ1v) is 8.94. The van der Waals surface area contributed by atoms with Gasteiger partial charge in [0.1, 0.15) is 0 Å². The lowest BCUT2D eigenvalue weighted by Gasteiger charge is -2.27. The third-order valence-corrected chi connectivity index (χ3v) is 4.93. The van der Waals surface area contributed by atoms with E-state index in [4.69, 9.17) is 9.47 Å². The summed E-state index contributed by atoms with van der Waals surface area (Å²) in [5.74, 6) is 1.28. The number of rotatable bonds is 3. The van der Waals surface area contributed by atoms with E-state index >= 15 is 0 Å². The van der Waals surface area contributed by atoms with Crippen LogP contribution in [0.2, 0.25) is 0 Å². The van der Waals surface area contributed by atoms with Gasteiger partial charge in [0.05, 0.1) is 22.3 Å². The van der Waals surface area contributed by atoms with Gasteiger partial charge >= 0.3 is 0 Å². The molecular formula is C22H22N2O3. The highest BCUT2D eigenvalue weighted by molar-refractivity contribution is 5.99. The Morgan fingerprint density at radius 3 is 2.63 bits per heavy atom. The van der Waals surface area contributed by atoms with E-state index in [1.165, 1.54) is 0 Å². The molecule has 1 N–H and O–H groups in total. The number of nitrogens with zero attached hydrogens (tertiary/aromatic N) is 1. The Balaban J connectivity index is 1.64. The third-order valence-electron chi connectivity index (χ3n) is 4.93. The van der Waals surface area contributed by atoms with Gasteiger partial charge in [-0.25, -0.2) is 0 Å². The maximum Gasteiger partial charge on any atom is 0.253 e. The fourth-order valence-corrected chi connectivity index (χ4v) is 3.31. The first-order valence-electron chi connectivity index (χ1n) is 8.94. The third kappa shape index (κ3) is 3.21. The Labute approximate surface area is 158 Å². The van der Waals surface area contributed by atoms with Crippen molar-refractivity contribution >= 4 is 16.8 Å². The highest BCUT2D eigenvalue weighted by atomic mass is 16.7. The summed E-state index contributed by atoms with van der Waals surface area (Å²) in [6.45, 7) is 8.06. The number of hydrogen-bond donors (Lipinski definition) is 1. The minimum atomic E-state index is -0.577. The van der Waals surface area contributed by atoms with Gasteiger partial charge in [0.15, 0.2) is 11.5 Å². The lowest BCUT2D eigenvalue weighted by atomic mass is 9.93. The maximum atomic E-state index is 13.0. The van der Waals surface area contributed by atoms with Crippen LogP contribution in [0.25, 0.3) is 10.9 Å². The average molecular weight is 362 g/mol. The normalized spacial score (nSPS) is 13.0. The number of nitrogens with one attached hydrogen (secondary N) is 1. The minimum absolute atomic E-state index is 0.148. The van der Waals surface area contributed by atoms with Gasteiger partial charge in [-0.1, -0.05) is 18.2 Å². The lowest BCUT2D eigenvalue weighted by molar-refractivity contribution is 0.0911. The lowest BCUT2D eigenvalue weighted by Crippen LogP contribution is -2.41. The van der Waals surface area contributed by atoms with Crippen molar-refractivity contribution in [2.75, 3.05) is 6.79 Å². The molecule has 5 heteroatoms. The quantitative estimate of drug-likeness (QED) is 0.757. The molecule has 0 bridgehead atoms. The number of ether oxygens (including phenoxy) is 2.